The first-order chi connectivity index (χ1) is 14.6. The van der Waals surface area contributed by atoms with Gasteiger partial charge in [-0.25, -0.2) is 0 Å². The van der Waals surface area contributed by atoms with Gasteiger partial charge < -0.3 is 19.7 Å². The number of thiophene rings is 1. The van der Waals surface area contributed by atoms with Gasteiger partial charge in [-0.2, -0.15) is 0 Å². The number of aliphatic hydroxyl groups is 2. The Labute approximate surface area is 190 Å². The van der Waals surface area contributed by atoms with Crippen molar-refractivity contribution in [1.82, 2.24) is 0 Å². The normalized spacial score (nSPS) is 55.2. The zero-order chi connectivity index (χ0) is 21.8. The van der Waals surface area contributed by atoms with Crippen LogP contribution in [0.15, 0.2) is 17.5 Å². The molecule has 0 bridgehead atoms. The lowest BCUT2D eigenvalue weighted by Gasteiger charge is -2.63. The van der Waals surface area contributed by atoms with E-state index >= 15 is 0 Å². The first-order valence-electron chi connectivity index (χ1n) is 12.4. The van der Waals surface area contributed by atoms with E-state index in [-0.39, 0.29) is 29.1 Å². The van der Waals surface area contributed by atoms with Crippen LogP contribution in [0.25, 0.3) is 0 Å². The van der Waals surface area contributed by atoms with Crippen molar-refractivity contribution in [2.75, 3.05) is 0 Å². The Hall–Kier alpha value is -0.460. The summed E-state index contributed by atoms with van der Waals surface area (Å²) in [5.41, 5.74) is -0.682. The summed E-state index contributed by atoms with van der Waals surface area (Å²) in [4.78, 5) is 1.14. The van der Waals surface area contributed by atoms with Crippen LogP contribution in [0.1, 0.15) is 77.5 Å². The second kappa shape index (κ2) is 6.56. The highest BCUT2D eigenvalue weighted by atomic mass is 32.1. The molecule has 1 saturated heterocycles. The van der Waals surface area contributed by atoms with Crippen molar-refractivity contribution in [2.24, 2.45) is 34.5 Å². The van der Waals surface area contributed by atoms with Crippen LogP contribution in [0, 0.1) is 34.5 Å². The highest BCUT2D eigenvalue weighted by molar-refractivity contribution is 7.10. The van der Waals surface area contributed by atoms with E-state index in [1.807, 2.05) is 0 Å². The lowest BCUT2D eigenvalue weighted by molar-refractivity contribution is -0.205. The monoisotopic (exact) mass is 446 g/mol. The summed E-state index contributed by atoms with van der Waals surface area (Å²) in [6.07, 6.45) is 6.83. The summed E-state index contributed by atoms with van der Waals surface area (Å²) in [7, 11) is 0. The molecule has 4 aliphatic carbocycles. The summed E-state index contributed by atoms with van der Waals surface area (Å²) in [5.74, 6) is 1.20. The van der Waals surface area contributed by atoms with Gasteiger partial charge in [0.25, 0.3) is 0 Å². The van der Waals surface area contributed by atoms with E-state index in [2.05, 4.69) is 45.2 Å². The third-order valence-corrected chi connectivity index (χ3v) is 11.6. The Morgan fingerprint density at radius 3 is 2.42 bits per heavy atom. The van der Waals surface area contributed by atoms with E-state index < -0.39 is 11.4 Å². The smallest absolute Gasteiger partial charge is 0.163 e. The summed E-state index contributed by atoms with van der Waals surface area (Å²) in [5, 5.41) is 24.7. The molecule has 5 fully saturated rings. The molecular formula is C26H38O4S. The fourth-order valence-electron chi connectivity index (χ4n) is 9.10. The second-order valence-electron chi connectivity index (χ2n) is 12.2. The zero-order valence-corrected chi connectivity index (χ0v) is 20.2. The van der Waals surface area contributed by atoms with Crippen LogP contribution in [-0.4, -0.2) is 34.3 Å². The minimum atomic E-state index is -0.734. The van der Waals surface area contributed by atoms with Gasteiger partial charge >= 0.3 is 0 Å². The van der Waals surface area contributed by atoms with E-state index in [0.29, 0.717) is 23.7 Å². The third kappa shape index (κ3) is 2.67. The van der Waals surface area contributed by atoms with Crippen molar-refractivity contribution in [3.8, 4) is 0 Å². The average molecular weight is 447 g/mol. The SMILES string of the molecule is CC1(C)O[C@H]2[C@H](O1)C1[C@H](CC[C@@]3(C)[C@H]1CC[C@@]3(O)c1cccs1)[C@@]1(C)CC[C@H](O)C[C@H]21. The fraction of sp³-hybridized carbons (Fsp3) is 0.846. The van der Waals surface area contributed by atoms with E-state index in [4.69, 9.17) is 9.47 Å². The van der Waals surface area contributed by atoms with Crippen molar-refractivity contribution in [2.45, 2.75) is 102 Å². The molecule has 2 heterocycles. The molecule has 6 rings (SSSR count). The van der Waals surface area contributed by atoms with Gasteiger partial charge in [0.05, 0.1) is 18.3 Å². The van der Waals surface area contributed by atoms with Gasteiger partial charge in [-0.3, -0.25) is 0 Å². The molecule has 1 unspecified atom stereocenters. The first-order valence-corrected chi connectivity index (χ1v) is 13.3. The molecule has 2 N–H and O–H groups in total. The second-order valence-corrected chi connectivity index (χ2v) is 13.2. The molecule has 4 saturated carbocycles. The number of hydrogen-bond acceptors (Lipinski definition) is 5. The van der Waals surface area contributed by atoms with Crippen molar-refractivity contribution in [3.63, 3.8) is 0 Å². The molecule has 10 atom stereocenters. The summed E-state index contributed by atoms with van der Waals surface area (Å²) >= 11 is 1.71. The van der Waals surface area contributed by atoms with Crippen LogP contribution >= 0.6 is 11.3 Å². The Bertz CT molecular complexity index is 854. The molecule has 0 spiro atoms. The molecule has 172 valence electrons. The lowest BCUT2D eigenvalue weighted by atomic mass is 9.43. The van der Waals surface area contributed by atoms with Crippen LogP contribution in [0.2, 0.25) is 0 Å². The molecule has 1 aromatic rings. The summed E-state index contributed by atoms with van der Waals surface area (Å²) in [6.45, 7) is 8.94. The van der Waals surface area contributed by atoms with Crippen molar-refractivity contribution >= 4 is 11.3 Å². The minimum absolute atomic E-state index is 0.0500. The van der Waals surface area contributed by atoms with Gasteiger partial charge in [0.15, 0.2) is 5.79 Å². The number of fused-ring (bicyclic) bond motifs is 8. The number of ether oxygens (including phenoxy) is 2. The largest absolute Gasteiger partial charge is 0.393 e. The van der Waals surface area contributed by atoms with Gasteiger partial charge in [0.1, 0.15) is 5.60 Å². The molecule has 1 aliphatic heterocycles. The Morgan fingerprint density at radius 1 is 0.935 bits per heavy atom. The Morgan fingerprint density at radius 2 is 1.68 bits per heavy atom. The molecule has 0 radical (unpaired) electrons. The third-order valence-electron chi connectivity index (χ3n) is 10.6. The van der Waals surface area contributed by atoms with E-state index in [1.165, 1.54) is 0 Å². The molecular weight excluding hydrogens is 408 g/mol. The van der Waals surface area contributed by atoms with Crippen molar-refractivity contribution in [1.29, 1.82) is 0 Å². The van der Waals surface area contributed by atoms with E-state index in [0.717, 1.165) is 49.8 Å². The average Bonchev–Trinajstić information content (AvgIpc) is 3.41. The predicted molar refractivity (Wildman–Crippen MR) is 121 cm³/mol. The number of rotatable bonds is 1. The highest BCUT2D eigenvalue weighted by Crippen LogP contribution is 2.71. The maximum Gasteiger partial charge on any atom is 0.163 e. The lowest BCUT2D eigenvalue weighted by Crippen LogP contribution is -2.64. The van der Waals surface area contributed by atoms with Gasteiger partial charge in [0, 0.05) is 10.3 Å². The van der Waals surface area contributed by atoms with Crippen LogP contribution in [-0.2, 0) is 15.1 Å². The summed E-state index contributed by atoms with van der Waals surface area (Å²) < 4.78 is 13.3. The summed E-state index contributed by atoms with van der Waals surface area (Å²) in [6, 6.07) is 4.21. The van der Waals surface area contributed by atoms with Gasteiger partial charge in [-0.05, 0) is 99.3 Å². The fourth-order valence-corrected chi connectivity index (χ4v) is 10.1. The minimum Gasteiger partial charge on any atom is -0.393 e. The first kappa shape index (κ1) is 21.1. The predicted octanol–water partition coefficient (Wildman–Crippen LogP) is 5.08. The molecule has 31 heavy (non-hydrogen) atoms. The Kier molecular flexibility index (Phi) is 4.47. The van der Waals surface area contributed by atoms with Crippen LogP contribution < -0.4 is 0 Å². The van der Waals surface area contributed by atoms with Crippen LogP contribution in [0.4, 0.5) is 0 Å². The van der Waals surface area contributed by atoms with Gasteiger partial charge in [-0.15, -0.1) is 11.3 Å². The van der Waals surface area contributed by atoms with Crippen molar-refractivity contribution < 1.29 is 19.7 Å². The van der Waals surface area contributed by atoms with E-state index in [1.54, 1.807) is 11.3 Å². The molecule has 5 aliphatic rings. The molecule has 1 aromatic heterocycles. The maximum atomic E-state index is 12.1. The maximum absolute atomic E-state index is 12.1. The number of aliphatic hydroxyl groups excluding tert-OH is 1. The Balaban J connectivity index is 1.44. The number of hydrogen-bond donors (Lipinski definition) is 2. The van der Waals surface area contributed by atoms with Crippen molar-refractivity contribution in [3.05, 3.63) is 22.4 Å². The zero-order valence-electron chi connectivity index (χ0n) is 19.3. The highest BCUT2D eigenvalue weighted by Gasteiger charge is 2.71. The topological polar surface area (TPSA) is 58.9 Å². The van der Waals surface area contributed by atoms with E-state index in [9.17, 15) is 10.2 Å². The van der Waals surface area contributed by atoms with Crippen LogP contribution in [0.5, 0.6) is 0 Å². The molecule has 0 amide bonds. The molecule has 4 nitrogen and oxygen atoms in total. The van der Waals surface area contributed by atoms with Gasteiger partial charge in [-0.1, -0.05) is 19.9 Å². The van der Waals surface area contributed by atoms with Gasteiger partial charge in [0.2, 0.25) is 0 Å². The quantitative estimate of drug-likeness (QED) is 0.632. The molecule has 0 aromatic carbocycles. The van der Waals surface area contributed by atoms with Crippen LogP contribution in [0.3, 0.4) is 0 Å². The standard InChI is InChI=1S/C26H38O4S/c1-23(2)29-21-18-14-15(27)7-10-24(18,3)16-8-11-25(4)17(20(16)22(21)30-23)9-12-26(25,28)19-6-5-13-31-19/h5-6,13,15-18,20-22,27-28H,7-12,14H2,1-4H3/t15-,16-,17-,18+,20?,21+,22+,24+,25-,26+/m0/s1. The molecule has 5 heteroatoms.